The van der Waals surface area contributed by atoms with Crippen molar-refractivity contribution in [2.75, 3.05) is 5.32 Å². The van der Waals surface area contributed by atoms with Gasteiger partial charge >= 0.3 is 0 Å². The zero-order valence-corrected chi connectivity index (χ0v) is 12.4. The molecule has 3 rings (SSSR count). The molecule has 0 saturated carbocycles. The van der Waals surface area contributed by atoms with E-state index in [1.165, 1.54) is 11.3 Å². The second-order valence-corrected chi connectivity index (χ2v) is 5.59. The van der Waals surface area contributed by atoms with Crippen LogP contribution in [0, 0.1) is 0 Å². The molecule has 0 saturated heterocycles. The van der Waals surface area contributed by atoms with E-state index in [1.807, 2.05) is 6.92 Å². The Morgan fingerprint density at radius 3 is 2.86 bits per heavy atom. The molecule has 8 heteroatoms. The highest BCUT2D eigenvalue weighted by molar-refractivity contribution is 7.15. The number of aromatic amines is 1. The summed E-state index contributed by atoms with van der Waals surface area (Å²) >= 11 is 1.22. The maximum Gasteiger partial charge on any atom is 0.266 e. The molecule has 0 spiro atoms. The molecule has 0 bridgehead atoms. The monoisotopic (exact) mass is 316 g/mol. The van der Waals surface area contributed by atoms with Crippen LogP contribution in [-0.2, 0) is 6.42 Å². The van der Waals surface area contributed by atoms with Crippen molar-refractivity contribution in [3.63, 3.8) is 0 Å². The summed E-state index contributed by atoms with van der Waals surface area (Å²) in [7, 11) is 0. The first-order valence-corrected chi connectivity index (χ1v) is 7.39. The van der Waals surface area contributed by atoms with Gasteiger partial charge in [0, 0.05) is 5.39 Å². The van der Waals surface area contributed by atoms with Crippen LogP contribution in [0.2, 0.25) is 0 Å². The number of para-hydroxylation sites is 1. The van der Waals surface area contributed by atoms with Gasteiger partial charge in [-0.2, -0.15) is 0 Å². The number of amides is 1. The number of aromatic nitrogens is 3. The molecule has 0 radical (unpaired) electrons. The molecular weight excluding hydrogens is 304 g/mol. The van der Waals surface area contributed by atoms with Crippen molar-refractivity contribution in [1.29, 1.82) is 0 Å². The number of aromatic hydroxyl groups is 1. The number of fused-ring (bicyclic) bond motifs is 1. The molecule has 0 unspecified atom stereocenters. The summed E-state index contributed by atoms with van der Waals surface area (Å²) < 4.78 is 0. The molecule has 0 aliphatic rings. The molecule has 0 aliphatic heterocycles. The summed E-state index contributed by atoms with van der Waals surface area (Å²) in [5.41, 5.74) is -0.536. The van der Waals surface area contributed by atoms with Crippen molar-refractivity contribution < 1.29 is 9.90 Å². The molecule has 0 fully saturated rings. The van der Waals surface area contributed by atoms with Crippen molar-refractivity contribution in [3.05, 3.63) is 45.2 Å². The van der Waals surface area contributed by atoms with Crippen LogP contribution in [-0.4, -0.2) is 26.2 Å². The fraction of sp³-hybridized carbons (Fsp3) is 0.143. The third-order valence-electron chi connectivity index (χ3n) is 3.11. The van der Waals surface area contributed by atoms with E-state index in [4.69, 9.17) is 0 Å². The summed E-state index contributed by atoms with van der Waals surface area (Å²) in [6, 6.07) is 6.71. The van der Waals surface area contributed by atoms with Gasteiger partial charge in [-0.1, -0.05) is 30.4 Å². The second-order valence-electron chi connectivity index (χ2n) is 4.53. The van der Waals surface area contributed by atoms with Crippen LogP contribution in [0.15, 0.2) is 29.1 Å². The molecule has 112 valence electrons. The van der Waals surface area contributed by atoms with Crippen molar-refractivity contribution in [1.82, 2.24) is 15.2 Å². The summed E-state index contributed by atoms with van der Waals surface area (Å²) in [6.07, 6.45) is 0.704. The lowest BCUT2D eigenvalue weighted by atomic mass is 10.1. The highest BCUT2D eigenvalue weighted by Crippen LogP contribution is 2.25. The minimum Gasteiger partial charge on any atom is -0.506 e. The number of nitrogens with zero attached hydrogens (tertiary/aromatic N) is 2. The van der Waals surface area contributed by atoms with Crippen molar-refractivity contribution >= 4 is 33.3 Å². The molecule has 2 heterocycles. The number of benzene rings is 1. The van der Waals surface area contributed by atoms with Crippen LogP contribution in [0.25, 0.3) is 10.9 Å². The number of anilines is 1. The smallest absolute Gasteiger partial charge is 0.266 e. The fourth-order valence-electron chi connectivity index (χ4n) is 2.04. The van der Waals surface area contributed by atoms with Crippen LogP contribution < -0.4 is 10.9 Å². The van der Waals surface area contributed by atoms with Crippen LogP contribution >= 0.6 is 11.3 Å². The minimum atomic E-state index is -0.719. The van der Waals surface area contributed by atoms with Gasteiger partial charge in [-0.3, -0.25) is 14.9 Å². The van der Waals surface area contributed by atoms with Crippen LogP contribution in [0.4, 0.5) is 5.13 Å². The van der Waals surface area contributed by atoms with Gasteiger partial charge in [0.05, 0.1) is 5.52 Å². The first kappa shape index (κ1) is 14.2. The standard InChI is InChI=1S/C14H12N4O3S/c1-2-9-17-18-14(22-9)16-13(21)10-11(19)7-5-3-4-6-8(7)15-12(10)20/h3-6H,2H2,1H3,(H2,15,19,20)(H,16,18,21). The van der Waals surface area contributed by atoms with Gasteiger partial charge in [0.1, 0.15) is 16.3 Å². The normalized spacial score (nSPS) is 10.8. The SMILES string of the molecule is CCc1nnc(NC(=O)c2c(O)c3ccccc3[nH]c2=O)s1. The predicted octanol–water partition coefficient (Wildman–Crippen LogP) is 1.90. The van der Waals surface area contributed by atoms with Gasteiger partial charge in [-0.15, -0.1) is 10.2 Å². The third-order valence-corrected chi connectivity index (χ3v) is 4.09. The van der Waals surface area contributed by atoms with Crippen LogP contribution in [0.3, 0.4) is 0 Å². The topological polar surface area (TPSA) is 108 Å². The first-order chi connectivity index (χ1) is 10.6. The second kappa shape index (κ2) is 5.57. The zero-order valence-electron chi connectivity index (χ0n) is 11.6. The number of aryl methyl sites for hydroxylation is 1. The number of hydrogen-bond acceptors (Lipinski definition) is 6. The quantitative estimate of drug-likeness (QED) is 0.684. The van der Waals surface area contributed by atoms with E-state index in [0.29, 0.717) is 17.3 Å². The molecular formula is C14H12N4O3S. The molecule has 3 aromatic rings. The molecule has 1 amide bonds. The van der Waals surface area contributed by atoms with Gasteiger partial charge < -0.3 is 10.1 Å². The summed E-state index contributed by atoms with van der Waals surface area (Å²) in [4.78, 5) is 26.9. The summed E-state index contributed by atoms with van der Waals surface area (Å²) in [6.45, 7) is 1.92. The Hall–Kier alpha value is -2.74. The highest BCUT2D eigenvalue weighted by Gasteiger charge is 2.20. The van der Waals surface area contributed by atoms with Crippen molar-refractivity contribution in [2.45, 2.75) is 13.3 Å². The molecule has 0 aliphatic carbocycles. The molecule has 2 aromatic heterocycles. The fourth-order valence-corrected chi connectivity index (χ4v) is 2.72. The highest BCUT2D eigenvalue weighted by atomic mass is 32.1. The Kier molecular flexibility index (Phi) is 3.60. The lowest BCUT2D eigenvalue weighted by molar-refractivity contribution is 0.102. The average molecular weight is 316 g/mol. The van der Waals surface area contributed by atoms with Gasteiger partial charge in [0.15, 0.2) is 0 Å². The maximum atomic E-state index is 12.2. The van der Waals surface area contributed by atoms with E-state index in [1.54, 1.807) is 24.3 Å². The first-order valence-electron chi connectivity index (χ1n) is 6.58. The number of rotatable bonds is 3. The Labute approximate surface area is 128 Å². The number of H-pyrrole nitrogens is 1. The van der Waals surface area contributed by atoms with E-state index in [2.05, 4.69) is 20.5 Å². The summed E-state index contributed by atoms with van der Waals surface area (Å²) in [5.74, 6) is -1.07. The number of hydrogen-bond donors (Lipinski definition) is 3. The van der Waals surface area contributed by atoms with E-state index in [9.17, 15) is 14.7 Å². The molecule has 3 N–H and O–H groups in total. The molecule has 7 nitrogen and oxygen atoms in total. The maximum absolute atomic E-state index is 12.2. The van der Waals surface area contributed by atoms with Gasteiger partial charge in [0.2, 0.25) is 5.13 Å². The third kappa shape index (κ3) is 2.44. The van der Waals surface area contributed by atoms with Crippen LogP contribution in [0.1, 0.15) is 22.3 Å². The van der Waals surface area contributed by atoms with E-state index >= 15 is 0 Å². The molecule has 22 heavy (non-hydrogen) atoms. The van der Waals surface area contributed by atoms with E-state index < -0.39 is 11.5 Å². The molecule has 1 aromatic carbocycles. The average Bonchev–Trinajstić information content (AvgIpc) is 2.95. The van der Waals surface area contributed by atoms with Crippen molar-refractivity contribution in [3.8, 4) is 5.75 Å². The Morgan fingerprint density at radius 2 is 2.14 bits per heavy atom. The minimum absolute atomic E-state index is 0.286. The predicted molar refractivity (Wildman–Crippen MR) is 83.5 cm³/mol. The molecule has 0 atom stereocenters. The number of nitrogens with one attached hydrogen (secondary N) is 2. The van der Waals surface area contributed by atoms with E-state index in [0.717, 1.165) is 5.01 Å². The van der Waals surface area contributed by atoms with Gasteiger partial charge in [0.25, 0.3) is 11.5 Å². The number of carbonyl (C=O) groups is 1. The zero-order chi connectivity index (χ0) is 15.7. The Balaban J connectivity index is 2.02. The van der Waals surface area contributed by atoms with Gasteiger partial charge in [-0.25, -0.2) is 0 Å². The van der Waals surface area contributed by atoms with E-state index in [-0.39, 0.29) is 16.4 Å². The van der Waals surface area contributed by atoms with Crippen molar-refractivity contribution in [2.24, 2.45) is 0 Å². The Bertz CT molecular complexity index is 916. The van der Waals surface area contributed by atoms with Gasteiger partial charge in [-0.05, 0) is 18.6 Å². The van der Waals surface area contributed by atoms with Crippen LogP contribution in [0.5, 0.6) is 5.75 Å². The number of pyridine rings is 1. The largest absolute Gasteiger partial charge is 0.506 e. The lowest BCUT2D eigenvalue weighted by Crippen LogP contribution is -2.23. The number of carbonyl (C=O) groups excluding carboxylic acids is 1. The Morgan fingerprint density at radius 1 is 1.36 bits per heavy atom. The lowest BCUT2D eigenvalue weighted by Gasteiger charge is -2.06. The summed E-state index contributed by atoms with van der Waals surface area (Å²) in [5, 5.41) is 21.9.